The van der Waals surface area contributed by atoms with Crippen molar-refractivity contribution in [1.82, 2.24) is 15.0 Å². The van der Waals surface area contributed by atoms with Crippen LogP contribution < -0.4 is 5.32 Å². The smallest absolute Gasteiger partial charge is 0.226 e. The van der Waals surface area contributed by atoms with E-state index in [4.69, 9.17) is 0 Å². The van der Waals surface area contributed by atoms with Crippen LogP contribution in [0.3, 0.4) is 0 Å². The summed E-state index contributed by atoms with van der Waals surface area (Å²) in [6, 6.07) is 7.62. The van der Waals surface area contributed by atoms with E-state index >= 15 is 0 Å². The highest BCUT2D eigenvalue weighted by Gasteiger charge is 2.11. The van der Waals surface area contributed by atoms with Crippen molar-refractivity contribution in [2.45, 2.75) is 33.6 Å². The molecule has 5 heteroatoms. The first-order chi connectivity index (χ1) is 9.49. The Kier molecular flexibility index (Phi) is 4.17. The third-order valence-corrected chi connectivity index (χ3v) is 3.05. The number of rotatable bonds is 4. The van der Waals surface area contributed by atoms with Crippen LogP contribution in [0.1, 0.15) is 39.3 Å². The van der Waals surface area contributed by atoms with Gasteiger partial charge in [-0.1, -0.05) is 39.0 Å². The summed E-state index contributed by atoms with van der Waals surface area (Å²) in [4.78, 5) is 11.7. The van der Waals surface area contributed by atoms with Crippen molar-refractivity contribution in [3.63, 3.8) is 0 Å². The van der Waals surface area contributed by atoms with Crippen molar-refractivity contribution >= 4 is 11.6 Å². The Labute approximate surface area is 119 Å². The van der Waals surface area contributed by atoms with E-state index in [0.717, 1.165) is 17.1 Å². The average molecular weight is 272 g/mol. The van der Waals surface area contributed by atoms with Crippen LogP contribution in [0.2, 0.25) is 0 Å². The first kappa shape index (κ1) is 14.2. The van der Waals surface area contributed by atoms with Crippen LogP contribution in [-0.2, 0) is 4.79 Å². The molecule has 1 amide bonds. The lowest BCUT2D eigenvalue weighted by atomic mass is 10.1. The Morgan fingerprint density at radius 2 is 2.00 bits per heavy atom. The van der Waals surface area contributed by atoms with Crippen LogP contribution in [0.15, 0.2) is 30.5 Å². The first-order valence-corrected chi connectivity index (χ1v) is 6.81. The summed E-state index contributed by atoms with van der Waals surface area (Å²) in [5, 5.41) is 11.0. The molecule has 2 aromatic rings. The summed E-state index contributed by atoms with van der Waals surface area (Å²) in [5.41, 5.74) is 2.71. The summed E-state index contributed by atoms with van der Waals surface area (Å²) in [7, 11) is 0. The van der Waals surface area contributed by atoms with E-state index in [2.05, 4.69) is 29.5 Å². The minimum atomic E-state index is -0.0451. The van der Waals surface area contributed by atoms with Gasteiger partial charge in [0.2, 0.25) is 5.91 Å². The molecule has 5 nitrogen and oxygen atoms in total. The third-order valence-electron chi connectivity index (χ3n) is 3.05. The van der Waals surface area contributed by atoms with Gasteiger partial charge in [0.25, 0.3) is 0 Å². The third kappa shape index (κ3) is 3.04. The van der Waals surface area contributed by atoms with Crippen LogP contribution in [0.5, 0.6) is 0 Å². The van der Waals surface area contributed by atoms with Gasteiger partial charge in [0.15, 0.2) is 0 Å². The molecule has 0 aliphatic rings. The van der Waals surface area contributed by atoms with Gasteiger partial charge in [-0.25, -0.2) is 4.68 Å². The van der Waals surface area contributed by atoms with E-state index in [9.17, 15) is 4.79 Å². The van der Waals surface area contributed by atoms with Crippen LogP contribution in [0.25, 0.3) is 5.69 Å². The summed E-state index contributed by atoms with van der Waals surface area (Å²) in [6.45, 7) is 7.93. The van der Waals surface area contributed by atoms with E-state index in [1.807, 2.05) is 38.1 Å². The van der Waals surface area contributed by atoms with Crippen LogP contribution in [-0.4, -0.2) is 20.9 Å². The molecule has 0 saturated heterocycles. The summed E-state index contributed by atoms with van der Waals surface area (Å²) in [6.07, 6.45) is 1.77. The van der Waals surface area contributed by atoms with Gasteiger partial charge in [0.05, 0.1) is 17.6 Å². The van der Waals surface area contributed by atoms with Gasteiger partial charge in [-0.15, -0.1) is 5.10 Å². The second-order valence-corrected chi connectivity index (χ2v) is 5.42. The molecule has 0 radical (unpaired) electrons. The van der Waals surface area contributed by atoms with Crippen molar-refractivity contribution in [2.24, 2.45) is 5.92 Å². The Hall–Kier alpha value is -2.17. The van der Waals surface area contributed by atoms with Crippen molar-refractivity contribution in [1.29, 1.82) is 0 Å². The maximum Gasteiger partial charge on any atom is 0.226 e. The van der Waals surface area contributed by atoms with E-state index in [1.165, 1.54) is 0 Å². The summed E-state index contributed by atoms with van der Waals surface area (Å²) >= 11 is 0. The Bertz CT molecular complexity index is 601. The Balaban J connectivity index is 2.30. The standard InChI is InChI=1S/C15H20N4O/c1-10(2)14-9-16-18-19(14)13-7-5-6-12(8-13)17-15(20)11(3)4/h5-11H,1-4H3,(H,17,20). The molecule has 1 aromatic heterocycles. The zero-order valence-corrected chi connectivity index (χ0v) is 12.3. The molecular formula is C15H20N4O. The number of carbonyl (C=O) groups is 1. The topological polar surface area (TPSA) is 59.8 Å². The maximum absolute atomic E-state index is 11.7. The van der Waals surface area contributed by atoms with E-state index in [0.29, 0.717) is 5.92 Å². The largest absolute Gasteiger partial charge is 0.326 e. The molecule has 1 aromatic carbocycles. The second kappa shape index (κ2) is 5.86. The fourth-order valence-electron chi connectivity index (χ4n) is 1.84. The fourth-order valence-corrected chi connectivity index (χ4v) is 1.84. The summed E-state index contributed by atoms with van der Waals surface area (Å²) < 4.78 is 1.80. The zero-order chi connectivity index (χ0) is 14.7. The lowest BCUT2D eigenvalue weighted by Gasteiger charge is -2.11. The Morgan fingerprint density at radius 3 is 2.65 bits per heavy atom. The van der Waals surface area contributed by atoms with Gasteiger partial charge in [-0.3, -0.25) is 4.79 Å². The van der Waals surface area contributed by atoms with Crippen molar-refractivity contribution in [2.75, 3.05) is 5.32 Å². The molecule has 0 spiro atoms. The lowest BCUT2D eigenvalue weighted by molar-refractivity contribution is -0.118. The van der Waals surface area contributed by atoms with Gasteiger partial charge in [-0.2, -0.15) is 0 Å². The number of hydrogen-bond acceptors (Lipinski definition) is 3. The number of amides is 1. The minimum absolute atomic E-state index is 0.00447. The van der Waals surface area contributed by atoms with E-state index in [1.54, 1.807) is 10.9 Å². The van der Waals surface area contributed by atoms with Crippen molar-refractivity contribution in [3.05, 3.63) is 36.2 Å². The van der Waals surface area contributed by atoms with Gasteiger partial charge in [0.1, 0.15) is 0 Å². The molecule has 106 valence electrons. The predicted octanol–water partition coefficient (Wildman–Crippen LogP) is 2.99. The van der Waals surface area contributed by atoms with Gasteiger partial charge < -0.3 is 5.32 Å². The van der Waals surface area contributed by atoms with Crippen molar-refractivity contribution < 1.29 is 4.79 Å². The quantitative estimate of drug-likeness (QED) is 0.930. The number of aromatic nitrogens is 3. The first-order valence-electron chi connectivity index (χ1n) is 6.81. The molecular weight excluding hydrogens is 252 g/mol. The molecule has 0 aliphatic heterocycles. The lowest BCUT2D eigenvalue weighted by Crippen LogP contribution is -2.17. The number of carbonyl (C=O) groups excluding carboxylic acids is 1. The van der Waals surface area contributed by atoms with Crippen LogP contribution in [0.4, 0.5) is 5.69 Å². The zero-order valence-electron chi connectivity index (χ0n) is 12.3. The highest BCUT2D eigenvalue weighted by molar-refractivity contribution is 5.92. The normalized spacial score (nSPS) is 11.1. The molecule has 0 aliphatic carbocycles. The van der Waals surface area contributed by atoms with Gasteiger partial charge in [-0.05, 0) is 24.1 Å². The molecule has 0 fully saturated rings. The molecule has 0 saturated carbocycles. The molecule has 0 unspecified atom stereocenters. The predicted molar refractivity (Wildman–Crippen MR) is 78.9 cm³/mol. The van der Waals surface area contributed by atoms with Crippen LogP contribution in [0, 0.1) is 5.92 Å². The average Bonchev–Trinajstić information content (AvgIpc) is 2.88. The minimum Gasteiger partial charge on any atom is -0.326 e. The molecule has 20 heavy (non-hydrogen) atoms. The Morgan fingerprint density at radius 1 is 1.25 bits per heavy atom. The highest BCUT2D eigenvalue weighted by Crippen LogP contribution is 2.20. The van der Waals surface area contributed by atoms with Crippen LogP contribution >= 0.6 is 0 Å². The second-order valence-electron chi connectivity index (χ2n) is 5.42. The van der Waals surface area contributed by atoms with E-state index in [-0.39, 0.29) is 11.8 Å². The maximum atomic E-state index is 11.7. The molecule has 0 bridgehead atoms. The number of benzene rings is 1. The van der Waals surface area contributed by atoms with Crippen molar-refractivity contribution in [3.8, 4) is 5.69 Å². The number of nitrogens with zero attached hydrogens (tertiary/aromatic N) is 3. The fraction of sp³-hybridized carbons (Fsp3) is 0.400. The van der Waals surface area contributed by atoms with Gasteiger partial charge in [0, 0.05) is 11.6 Å². The van der Waals surface area contributed by atoms with Gasteiger partial charge >= 0.3 is 0 Å². The van der Waals surface area contributed by atoms with E-state index < -0.39 is 0 Å². The highest BCUT2D eigenvalue weighted by atomic mass is 16.1. The summed E-state index contributed by atoms with van der Waals surface area (Å²) in [5.74, 6) is 0.292. The molecule has 0 atom stereocenters. The number of hydrogen-bond donors (Lipinski definition) is 1. The number of nitrogens with one attached hydrogen (secondary N) is 1. The molecule has 1 heterocycles. The monoisotopic (exact) mass is 272 g/mol. The SMILES string of the molecule is CC(C)C(=O)Nc1cccc(-n2nncc2C(C)C)c1. The molecule has 2 rings (SSSR count). The number of anilines is 1. The molecule has 1 N–H and O–H groups in total.